The second-order valence-corrected chi connectivity index (χ2v) is 18.6. The zero-order chi connectivity index (χ0) is 44.2. The Labute approximate surface area is 382 Å². The van der Waals surface area contributed by atoms with Gasteiger partial charge in [0.05, 0.1) is 18.8 Å². The lowest BCUT2D eigenvalue weighted by Gasteiger charge is -2.19. The van der Waals surface area contributed by atoms with Crippen molar-refractivity contribution in [1.29, 1.82) is 0 Å². The van der Waals surface area contributed by atoms with Crippen LogP contribution in [0.5, 0.6) is 0 Å². The number of carbonyl (C=O) groups excluding carboxylic acids is 1. The quantitative estimate of drug-likeness (QED) is 0.0422. The van der Waals surface area contributed by atoms with Gasteiger partial charge in [-0.3, -0.25) is 4.79 Å². The number of aliphatic hydroxyl groups excluding tert-OH is 2. The van der Waals surface area contributed by atoms with Gasteiger partial charge in [0.15, 0.2) is 0 Å². The van der Waals surface area contributed by atoms with E-state index in [1.165, 1.54) is 225 Å². The highest BCUT2D eigenvalue weighted by Crippen LogP contribution is 2.17. The molecule has 1 amide bonds. The van der Waals surface area contributed by atoms with Crippen LogP contribution in [0.3, 0.4) is 0 Å². The number of aliphatic hydroxyl groups is 2. The number of hydrogen-bond acceptors (Lipinski definition) is 3. The summed E-state index contributed by atoms with van der Waals surface area (Å²) in [7, 11) is 0. The Balaban J connectivity index is 3.50. The van der Waals surface area contributed by atoms with Crippen LogP contribution in [0.4, 0.5) is 0 Å². The van der Waals surface area contributed by atoms with Crippen molar-refractivity contribution in [1.82, 2.24) is 5.32 Å². The van der Waals surface area contributed by atoms with Gasteiger partial charge in [0.2, 0.25) is 5.91 Å². The van der Waals surface area contributed by atoms with E-state index in [1.54, 1.807) is 6.08 Å². The SMILES string of the molecule is CCCCC/C=C\C/C=C\CCCCCCCCCC(=O)NC(CO)C(O)/C=C/CC/C=C/CCCCCCCCCCCCCCCCCCCCCCCCCCCC. The van der Waals surface area contributed by atoms with E-state index in [-0.39, 0.29) is 12.5 Å². The highest BCUT2D eigenvalue weighted by molar-refractivity contribution is 5.76. The first kappa shape index (κ1) is 59.4. The predicted molar refractivity (Wildman–Crippen MR) is 271 cm³/mol. The van der Waals surface area contributed by atoms with Gasteiger partial charge in [0.1, 0.15) is 0 Å². The summed E-state index contributed by atoms with van der Waals surface area (Å²) >= 11 is 0. The zero-order valence-corrected chi connectivity index (χ0v) is 41.2. The van der Waals surface area contributed by atoms with Crippen LogP contribution in [-0.4, -0.2) is 34.9 Å². The van der Waals surface area contributed by atoms with Gasteiger partial charge in [0.25, 0.3) is 0 Å². The Morgan fingerprint density at radius 1 is 0.393 bits per heavy atom. The Morgan fingerprint density at radius 3 is 1.08 bits per heavy atom. The van der Waals surface area contributed by atoms with E-state index in [4.69, 9.17) is 0 Å². The van der Waals surface area contributed by atoms with Crippen molar-refractivity contribution in [3.05, 3.63) is 48.6 Å². The molecule has 0 saturated heterocycles. The fraction of sp³-hybridized carbons (Fsp3) is 0.842. The summed E-state index contributed by atoms with van der Waals surface area (Å²) < 4.78 is 0. The van der Waals surface area contributed by atoms with Crippen LogP contribution < -0.4 is 5.32 Å². The Morgan fingerprint density at radius 2 is 0.689 bits per heavy atom. The molecule has 4 nitrogen and oxygen atoms in total. The molecular weight excluding hydrogens is 747 g/mol. The van der Waals surface area contributed by atoms with Gasteiger partial charge >= 0.3 is 0 Å². The van der Waals surface area contributed by atoms with E-state index in [0.717, 1.165) is 44.9 Å². The van der Waals surface area contributed by atoms with Crippen molar-refractivity contribution in [3.8, 4) is 0 Å². The molecule has 0 radical (unpaired) electrons. The minimum Gasteiger partial charge on any atom is -0.394 e. The monoisotopic (exact) mass is 854 g/mol. The molecule has 4 heteroatoms. The lowest BCUT2D eigenvalue weighted by molar-refractivity contribution is -0.123. The van der Waals surface area contributed by atoms with Crippen molar-refractivity contribution >= 4 is 5.91 Å². The molecule has 0 heterocycles. The second kappa shape index (κ2) is 52.7. The smallest absolute Gasteiger partial charge is 0.220 e. The number of unbranched alkanes of at least 4 members (excludes halogenated alkanes) is 37. The molecule has 3 N–H and O–H groups in total. The van der Waals surface area contributed by atoms with Crippen LogP contribution in [-0.2, 0) is 4.79 Å². The molecular formula is C57H107NO3. The first-order valence-electron chi connectivity index (χ1n) is 27.4. The molecule has 0 aliphatic rings. The summed E-state index contributed by atoms with van der Waals surface area (Å²) in [6.45, 7) is 4.29. The Bertz CT molecular complexity index is 970. The minimum atomic E-state index is -0.867. The van der Waals surface area contributed by atoms with E-state index in [2.05, 4.69) is 55.6 Å². The van der Waals surface area contributed by atoms with E-state index >= 15 is 0 Å². The Hall–Kier alpha value is -1.65. The van der Waals surface area contributed by atoms with E-state index in [0.29, 0.717) is 6.42 Å². The normalized spacial score (nSPS) is 13.2. The molecule has 61 heavy (non-hydrogen) atoms. The molecule has 358 valence electrons. The third kappa shape index (κ3) is 49.2. The van der Waals surface area contributed by atoms with Crippen molar-refractivity contribution in [2.75, 3.05) is 6.61 Å². The highest BCUT2D eigenvalue weighted by Gasteiger charge is 2.18. The van der Waals surface area contributed by atoms with E-state index in [1.807, 2.05) is 6.08 Å². The lowest BCUT2D eigenvalue weighted by Crippen LogP contribution is -2.45. The zero-order valence-electron chi connectivity index (χ0n) is 41.2. The average molecular weight is 854 g/mol. The molecule has 0 aromatic rings. The van der Waals surface area contributed by atoms with Crippen LogP contribution in [0.15, 0.2) is 48.6 Å². The minimum absolute atomic E-state index is 0.0805. The third-order valence-corrected chi connectivity index (χ3v) is 12.5. The predicted octanol–water partition coefficient (Wildman–Crippen LogP) is 17.9. The van der Waals surface area contributed by atoms with Gasteiger partial charge in [-0.2, -0.15) is 0 Å². The maximum atomic E-state index is 12.4. The summed E-state index contributed by atoms with van der Waals surface area (Å²) in [6, 6.07) is -0.645. The van der Waals surface area contributed by atoms with Gasteiger partial charge in [-0.1, -0.05) is 268 Å². The van der Waals surface area contributed by atoms with Gasteiger partial charge in [-0.05, 0) is 64.2 Å². The summed E-state index contributed by atoms with van der Waals surface area (Å²) in [4.78, 5) is 12.4. The van der Waals surface area contributed by atoms with Crippen molar-refractivity contribution in [2.45, 2.75) is 302 Å². The fourth-order valence-corrected chi connectivity index (χ4v) is 8.34. The highest BCUT2D eigenvalue weighted by atomic mass is 16.3. The average Bonchev–Trinajstić information content (AvgIpc) is 3.26. The topological polar surface area (TPSA) is 69.6 Å². The van der Waals surface area contributed by atoms with Crippen molar-refractivity contribution < 1.29 is 15.0 Å². The van der Waals surface area contributed by atoms with Crippen LogP contribution in [0, 0.1) is 0 Å². The standard InChI is InChI=1S/C57H107NO3/c1-3-5-7-9-11-13-15-17-19-21-22-23-24-25-26-27-28-29-30-31-32-33-34-35-37-38-40-42-44-46-48-50-52-56(60)55(54-59)58-57(61)53-51-49-47-45-43-41-39-36-20-18-16-14-12-10-8-6-4-2/h12,14,18,20,42,44,50,52,55-56,59-60H,3-11,13,15-17,19,21-41,43,45-49,51,53-54H2,1-2H3,(H,58,61)/b14-12-,20-18-,44-42+,52-50+. The summed E-state index contributed by atoms with van der Waals surface area (Å²) in [6.07, 6.45) is 72.8. The number of allylic oxidation sites excluding steroid dienone is 7. The maximum Gasteiger partial charge on any atom is 0.220 e. The van der Waals surface area contributed by atoms with Gasteiger partial charge in [-0.25, -0.2) is 0 Å². The van der Waals surface area contributed by atoms with Crippen LogP contribution in [0.1, 0.15) is 290 Å². The third-order valence-electron chi connectivity index (χ3n) is 12.5. The van der Waals surface area contributed by atoms with Gasteiger partial charge < -0.3 is 15.5 Å². The number of amides is 1. The molecule has 0 aromatic carbocycles. The molecule has 0 rings (SSSR count). The van der Waals surface area contributed by atoms with Crippen molar-refractivity contribution in [3.63, 3.8) is 0 Å². The first-order valence-corrected chi connectivity index (χ1v) is 27.4. The van der Waals surface area contributed by atoms with Crippen LogP contribution >= 0.6 is 0 Å². The van der Waals surface area contributed by atoms with E-state index < -0.39 is 12.1 Å². The maximum absolute atomic E-state index is 12.4. The van der Waals surface area contributed by atoms with Gasteiger partial charge in [0, 0.05) is 6.42 Å². The number of carbonyl (C=O) groups is 1. The van der Waals surface area contributed by atoms with Crippen LogP contribution in [0.2, 0.25) is 0 Å². The summed E-state index contributed by atoms with van der Waals surface area (Å²) in [5.41, 5.74) is 0. The summed E-state index contributed by atoms with van der Waals surface area (Å²) in [5, 5.41) is 23.1. The number of nitrogens with one attached hydrogen (secondary N) is 1. The molecule has 0 aromatic heterocycles. The molecule has 0 spiro atoms. The molecule has 2 atom stereocenters. The molecule has 0 aliphatic carbocycles. The number of hydrogen-bond donors (Lipinski definition) is 3. The first-order chi connectivity index (χ1) is 30.2. The van der Waals surface area contributed by atoms with Gasteiger partial charge in [-0.15, -0.1) is 0 Å². The Kier molecular flexibility index (Phi) is 51.3. The lowest BCUT2D eigenvalue weighted by atomic mass is 10.0. The molecule has 0 aliphatic heterocycles. The number of rotatable bonds is 50. The van der Waals surface area contributed by atoms with Crippen LogP contribution in [0.25, 0.3) is 0 Å². The van der Waals surface area contributed by atoms with E-state index in [9.17, 15) is 15.0 Å². The molecule has 0 saturated carbocycles. The molecule has 0 fully saturated rings. The fourth-order valence-electron chi connectivity index (χ4n) is 8.34. The molecule has 0 bridgehead atoms. The largest absolute Gasteiger partial charge is 0.394 e. The second-order valence-electron chi connectivity index (χ2n) is 18.6. The van der Waals surface area contributed by atoms with Crippen molar-refractivity contribution in [2.24, 2.45) is 0 Å². The summed E-state index contributed by atoms with van der Waals surface area (Å²) in [5.74, 6) is -0.0805. The molecule has 2 unspecified atom stereocenters.